The molecular weight excluding hydrogens is 228 g/mol. The molecule has 0 unspecified atom stereocenters. The van der Waals surface area contributed by atoms with Gasteiger partial charge in [-0.15, -0.1) is 11.8 Å². The molecule has 2 aromatic rings. The van der Waals surface area contributed by atoms with Crippen LogP contribution in [0.1, 0.15) is 16.7 Å². The summed E-state index contributed by atoms with van der Waals surface area (Å²) in [6, 6.07) is 14.5. The van der Waals surface area contributed by atoms with Gasteiger partial charge in [0.25, 0.3) is 0 Å². The maximum absolute atomic E-state index is 9.71. The van der Waals surface area contributed by atoms with E-state index in [4.69, 9.17) is 0 Å². The van der Waals surface area contributed by atoms with Crippen LogP contribution in [0.15, 0.2) is 47.4 Å². The van der Waals surface area contributed by atoms with E-state index >= 15 is 0 Å². The molecule has 0 aliphatic rings. The molecule has 0 atom stereocenters. The van der Waals surface area contributed by atoms with Crippen LogP contribution in [0.25, 0.3) is 0 Å². The Morgan fingerprint density at radius 1 is 1.00 bits per heavy atom. The average molecular weight is 244 g/mol. The molecule has 88 valence electrons. The molecule has 0 heterocycles. The molecule has 0 bridgehead atoms. The SMILES string of the molecule is Cc1cc(SCc2ccccc2)cc(C)c1O. The molecule has 17 heavy (non-hydrogen) atoms. The monoisotopic (exact) mass is 244 g/mol. The second-order valence-electron chi connectivity index (χ2n) is 4.18. The quantitative estimate of drug-likeness (QED) is 0.812. The van der Waals surface area contributed by atoms with Gasteiger partial charge < -0.3 is 5.11 Å². The Morgan fingerprint density at radius 3 is 2.18 bits per heavy atom. The Morgan fingerprint density at radius 2 is 1.59 bits per heavy atom. The fourth-order valence-electron chi connectivity index (χ4n) is 1.74. The third kappa shape index (κ3) is 3.04. The minimum atomic E-state index is 0.411. The number of hydrogen-bond donors (Lipinski definition) is 1. The lowest BCUT2D eigenvalue weighted by Crippen LogP contribution is -1.84. The number of hydrogen-bond acceptors (Lipinski definition) is 2. The predicted molar refractivity (Wildman–Crippen MR) is 73.6 cm³/mol. The summed E-state index contributed by atoms with van der Waals surface area (Å²) in [7, 11) is 0. The summed E-state index contributed by atoms with van der Waals surface area (Å²) in [6.45, 7) is 3.88. The molecule has 0 saturated heterocycles. The van der Waals surface area contributed by atoms with E-state index in [1.54, 1.807) is 11.8 Å². The highest BCUT2D eigenvalue weighted by atomic mass is 32.2. The van der Waals surface area contributed by atoms with E-state index in [1.807, 2.05) is 32.0 Å². The molecular formula is C15H16OS. The van der Waals surface area contributed by atoms with Crippen LogP contribution in [0.5, 0.6) is 5.75 Å². The fourth-order valence-corrected chi connectivity index (χ4v) is 2.79. The normalized spacial score (nSPS) is 10.5. The van der Waals surface area contributed by atoms with E-state index in [0.717, 1.165) is 16.9 Å². The maximum atomic E-state index is 9.71. The van der Waals surface area contributed by atoms with E-state index in [2.05, 4.69) is 24.3 Å². The standard InChI is InChI=1S/C15H16OS/c1-11-8-14(9-12(2)15(11)16)17-10-13-6-4-3-5-7-13/h3-9,16H,10H2,1-2H3. The Hall–Kier alpha value is -1.41. The maximum Gasteiger partial charge on any atom is 0.121 e. The lowest BCUT2D eigenvalue weighted by molar-refractivity contribution is 0.466. The number of phenolic OH excluding ortho intramolecular Hbond substituents is 1. The van der Waals surface area contributed by atoms with Gasteiger partial charge in [0.1, 0.15) is 5.75 Å². The van der Waals surface area contributed by atoms with Gasteiger partial charge >= 0.3 is 0 Å². The zero-order valence-electron chi connectivity index (χ0n) is 10.1. The predicted octanol–water partition coefficient (Wildman–Crippen LogP) is 4.30. The minimum Gasteiger partial charge on any atom is -0.507 e. The van der Waals surface area contributed by atoms with Gasteiger partial charge in [-0.25, -0.2) is 0 Å². The van der Waals surface area contributed by atoms with E-state index in [9.17, 15) is 5.11 Å². The summed E-state index contributed by atoms with van der Waals surface area (Å²) in [5.74, 6) is 1.37. The second-order valence-corrected chi connectivity index (χ2v) is 5.23. The number of thioether (sulfide) groups is 1. The van der Waals surface area contributed by atoms with E-state index in [0.29, 0.717) is 5.75 Å². The summed E-state index contributed by atoms with van der Waals surface area (Å²) in [5, 5.41) is 9.71. The molecule has 0 aliphatic carbocycles. The summed E-state index contributed by atoms with van der Waals surface area (Å²) in [4.78, 5) is 1.21. The smallest absolute Gasteiger partial charge is 0.121 e. The van der Waals surface area contributed by atoms with Crippen molar-refractivity contribution in [1.82, 2.24) is 0 Å². The summed E-state index contributed by atoms with van der Waals surface area (Å²) >= 11 is 1.80. The molecule has 2 heteroatoms. The van der Waals surface area contributed by atoms with Crippen LogP contribution in [0.3, 0.4) is 0 Å². The Labute approximate surface area is 107 Å². The highest BCUT2D eigenvalue weighted by Crippen LogP contribution is 2.30. The number of benzene rings is 2. The molecule has 0 aromatic heterocycles. The Balaban J connectivity index is 2.10. The zero-order chi connectivity index (χ0) is 12.3. The highest BCUT2D eigenvalue weighted by Gasteiger charge is 2.03. The molecule has 0 spiro atoms. The molecule has 0 fully saturated rings. The molecule has 2 aromatic carbocycles. The van der Waals surface area contributed by atoms with E-state index in [-0.39, 0.29) is 0 Å². The topological polar surface area (TPSA) is 20.2 Å². The molecule has 0 saturated carbocycles. The van der Waals surface area contributed by atoms with E-state index in [1.165, 1.54) is 10.5 Å². The van der Waals surface area contributed by atoms with Crippen molar-refractivity contribution in [1.29, 1.82) is 0 Å². The van der Waals surface area contributed by atoms with Gasteiger partial charge in [0.2, 0.25) is 0 Å². The van der Waals surface area contributed by atoms with Crippen molar-refractivity contribution in [3.05, 3.63) is 59.2 Å². The first-order valence-electron chi connectivity index (χ1n) is 5.64. The van der Waals surface area contributed by atoms with Crippen LogP contribution in [0.4, 0.5) is 0 Å². The number of aryl methyl sites for hydroxylation is 2. The van der Waals surface area contributed by atoms with Crippen LogP contribution >= 0.6 is 11.8 Å². The third-order valence-corrected chi connectivity index (χ3v) is 3.76. The average Bonchev–Trinajstić information content (AvgIpc) is 2.34. The zero-order valence-corrected chi connectivity index (χ0v) is 10.9. The van der Waals surface area contributed by atoms with Crippen LogP contribution < -0.4 is 0 Å². The second kappa shape index (κ2) is 5.28. The van der Waals surface area contributed by atoms with Gasteiger partial charge in [-0.05, 0) is 42.7 Å². The van der Waals surface area contributed by atoms with Crippen LogP contribution in [0, 0.1) is 13.8 Å². The number of phenols is 1. The van der Waals surface area contributed by atoms with Gasteiger partial charge in [-0.3, -0.25) is 0 Å². The van der Waals surface area contributed by atoms with Crippen molar-refractivity contribution in [3.63, 3.8) is 0 Å². The van der Waals surface area contributed by atoms with Gasteiger partial charge in [0.15, 0.2) is 0 Å². The summed E-state index contributed by atoms with van der Waals surface area (Å²) in [6.07, 6.45) is 0. The molecule has 1 nitrogen and oxygen atoms in total. The first-order chi connectivity index (χ1) is 8.16. The van der Waals surface area contributed by atoms with Gasteiger partial charge in [-0.1, -0.05) is 30.3 Å². The molecule has 2 rings (SSSR count). The first kappa shape index (κ1) is 12.1. The Bertz CT molecular complexity index is 483. The van der Waals surface area contributed by atoms with Gasteiger partial charge in [0, 0.05) is 10.6 Å². The fraction of sp³-hybridized carbons (Fsp3) is 0.200. The molecule has 0 aliphatic heterocycles. The largest absolute Gasteiger partial charge is 0.507 e. The molecule has 1 N–H and O–H groups in total. The van der Waals surface area contributed by atoms with Gasteiger partial charge in [0.05, 0.1) is 0 Å². The minimum absolute atomic E-state index is 0.411. The lowest BCUT2D eigenvalue weighted by Gasteiger charge is -2.07. The van der Waals surface area contributed by atoms with Crippen molar-refractivity contribution in [2.75, 3.05) is 0 Å². The Kier molecular flexibility index (Phi) is 3.75. The lowest BCUT2D eigenvalue weighted by atomic mass is 10.1. The van der Waals surface area contributed by atoms with Crippen LogP contribution in [-0.2, 0) is 5.75 Å². The van der Waals surface area contributed by atoms with E-state index < -0.39 is 0 Å². The first-order valence-corrected chi connectivity index (χ1v) is 6.62. The number of aromatic hydroxyl groups is 1. The van der Waals surface area contributed by atoms with Crippen LogP contribution in [-0.4, -0.2) is 5.11 Å². The van der Waals surface area contributed by atoms with Crippen molar-refractivity contribution < 1.29 is 5.11 Å². The van der Waals surface area contributed by atoms with Crippen molar-refractivity contribution >= 4 is 11.8 Å². The van der Waals surface area contributed by atoms with Gasteiger partial charge in [-0.2, -0.15) is 0 Å². The highest BCUT2D eigenvalue weighted by molar-refractivity contribution is 7.98. The summed E-state index contributed by atoms with van der Waals surface area (Å²) < 4.78 is 0. The summed E-state index contributed by atoms with van der Waals surface area (Å²) in [5.41, 5.74) is 3.21. The van der Waals surface area contributed by atoms with Crippen LogP contribution in [0.2, 0.25) is 0 Å². The molecule has 0 amide bonds. The van der Waals surface area contributed by atoms with Crippen molar-refractivity contribution in [2.24, 2.45) is 0 Å². The molecule has 0 radical (unpaired) electrons. The third-order valence-electron chi connectivity index (χ3n) is 2.71. The van der Waals surface area contributed by atoms with Crippen molar-refractivity contribution in [3.8, 4) is 5.75 Å². The number of rotatable bonds is 3. The van der Waals surface area contributed by atoms with Crippen molar-refractivity contribution in [2.45, 2.75) is 24.5 Å².